The van der Waals surface area contributed by atoms with E-state index in [1.165, 1.54) is 11.1 Å². The third-order valence-electron chi connectivity index (χ3n) is 7.05. The molecule has 0 aromatic heterocycles. The normalized spacial score (nSPS) is 18.8. The largest absolute Gasteiger partial charge is 0.493 e. The Bertz CT molecular complexity index is 1010. The van der Waals surface area contributed by atoms with Crippen molar-refractivity contribution in [2.24, 2.45) is 5.92 Å². The van der Waals surface area contributed by atoms with Crippen LogP contribution in [0.4, 0.5) is 5.69 Å². The van der Waals surface area contributed by atoms with E-state index < -0.39 is 5.40 Å². The van der Waals surface area contributed by atoms with Crippen LogP contribution < -0.4 is 20.3 Å². The zero-order valence-corrected chi connectivity index (χ0v) is 21.5. The van der Waals surface area contributed by atoms with E-state index >= 15 is 0 Å². The first-order valence-electron chi connectivity index (χ1n) is 12.9. The van der Waals surface area contributed by atoms with Crippen LogP contribution in [0.15, 0.2) is 36.4 Å². The number of rotatable bonds is 10. The van der Waals surface area contributed by atoms with Crippen molar-refractivity contribution in [1.82, 2.24) is 5.64 Å². The van der Waals surface area contributed by atoms with E-state index in [2.05, 4.69) is 44.6 Å². The quantitative estimate of drug-likeness (QED) is 0.385. The smallest absolute Gasteiger partial charge is 0.150 e. The van der Waals surface area contributed by atoms with E-state index in [0.29, 0.717) is 29.9 Å². The molecule has 2 heterocycles. The van der Waals surface area contributed by atoms with E-state index in [9.17, 15) is 5.11 Å². The molecule has 2 aliphatic rings. The van der Waals surface area contributed by atoms with Crippen LogP contribution in [0, 0.1) is 5.92 Å². The average molecular weight is 490 g/mol. The molecule has 4 radical (unpaired) electrons. The second kappa shape index (κ2) is 11.9. The van der Waals surface area contributed by atoms with Crippen molar-refractivity contribution < 1.29 is 24.4 Å². The van der Waals surface area contributed by atoms with Crippen molar-refractivity contribution in [3.05, 3.63) is 53.1 Å². The molecular weight excluding hydrogens is 454 g/mol. The van der Waals surface area contributed by atoms with Gasteiger partial charge in [-0.2, -0.15) is 0 Å². The highest BCUT2D eigenvalue weighted by atomic mass is 17.0. The van der Waals surface area contributed by atoms with E-state index in [1.54, 1.807) is 18.2 Å². The van der Waals surface area contributed by atoms with Crippen LogP contribution in [0.2, 0.25) is 0 Å². The lowest BCUT2D eigenvalue weighted by Gasteiger charge is -2.36. The van der Waals surface area contributed by atoms with E-state index in [-0.39, 0.29) is 11.6 Å². The van der Waals surface area contributed by atoms with Gasteiger partial charge < -0.3 is 19.4 Å². The highest BCUT2D eigenvalue weighted by Gasteiger charge is 2.28. The van der Waals surface area contributed by atoms with Gasteiger partial charge in [-0.15, -0.1) is 4.94 Å². The summed E-state index contributed by atoms with van der Waals surface area (Å²) >= 11 is 0. The van der Waals surface area contributed by atoms with Crippen LogP contribution in [0.5, 0.6) is 11.5 Å². The number of benzene rings is 2. The number of anilines is 1. The second-order valence-electron chi connectivity index (χ2n) is 10.1. The van der Waals surface area contributed by atoms with E-state index in [4.69, 9.17) is 34.9 Å². The van der Waals surface area contributed by atoms with Crippen molar-refractivity contribution in [2.45, 2.75) is 70.2 Å². The van der Waals surface area contributed by atoms with Gasteiger partial charge in [-0.3, -0.25) is 0 Å². The zero-order valence-electron chi connectivity index (χ0n) is 21.5. The SMILES string of the molecule is [B]C([B])(O)c1cc(ONON2c3ccc(C(C)C)cc3CCC2CC)ccc1OCC1CCOCC1. The van der Waals surface area contributed by atoms with Gasteiger partial charge in [0.2, 0.25) is 0 Å². The van der Waals surface area contributed by atoms with Gasteiger partial charge >= 0.3 is 0 Å². The van der Waals surface area contributed by atoms with Crippen LogP contribution in [-0.2, 0) is 21.5 Å². The Labute approximate surface area is 217 Å². The number of hydroxylamine groups is 1. The van der Waals surface area contributed by atoms with Gasteiger partial charge in [-0.05, 0) is 85.0 Å². The lowest BCUT2D eigenvalue weighted by Crippen LogP contribution is -2.43. The maximum Gasteiger partial charge on any atom is 0.150 e. The Morgan fingerprint density at radius 2 is 1.92 bits per heavy atom. The molecule has 2 aromatic rings. The molecule has 1 atom stereocenters. The summed E-state index contributed by atoms with van der Waals surface area (Å²) in [6, 6.07) is 11.7. The average Bonchev–Trinajstić information content (AvgIpc) is 2.87. The lowest BCUT2D eigenvalue weighted by atomic mass is 9.61. The van der Waals surface area contributed by atoms with Crippen molar-refractivity contribution in [3.8, 4) is 11.5 Å². The fraction of sp³-hybridized carbons (Fsp3) is 0.556. The third-order valence-corrected chi connectivity index (χ3v) is 7.05. The molecule has 1 fully saturated rings. The summed E-state index contributed by atoms with van der Waals surface area (Å²) in [6.07, 6.45) is 4.81. The summed E-state index contributed by atoms with van der Waals surface area (Å²) in [4.78, 5) is 11.5. The lowest BCUT2D eigenvalue weighted by molar-refractivity contribution is -0.128. The van der Waals surface area contributed by atoms with Crippen LogP contribution in [0.25, 0.3) is 0 Å². The van der Waals surface area contributed by atoms with Gasteiger partial charge in [0.1, 0.15) is 21.4 Å². The maximum atomic E-state index is 10.3. The Morgan fingerprint density at radius 1 is 1.14 bits per heavy atom. The highest BCUT2D eigenvalue weighted by molar-refractivity contribution is 6.38. The monoisotopic (exact) mass is 490 g/mol. The fourth-order valence-electron chi connectivity index (χ4n) is 4.75. The summed E-state index contributed by atoms with van der Waals surface area (Å²) < 4.78 is 11.4. The molecule has 2 aromatic carbocycles. The molecule has 0 saturated carbocycles. The second-order valence-corrected chi connectivity index (χ2v) is 10.1. The number of hydrogen-bond donors (Lipinski definition) is 2. The van der Waals surface area contributed by atoms with Crippen LogP contribution in [-0.4, -0.2) is 46.7 Å². The summed E-state index contributed by atoms with van der Waals surface area (Å²) in [7, 11) is 11.6. The number of fused-ring (bicyclic) bond motifs is 1. The summed E-state index contributed by atoms with van der Waals surface area (Å²) in [5.74, 6) is 1.64. The molecule has 9 heteroatoms. The van der Waals surface area contributed by atoms with Gasteiger partial charge in [-0.1, -0.05) is 32.9 Å². The first kappa shape index (κ1) is 26.9. The molecule has 190 valence electrons. The molecule has 0 amide bonds. The van der Waals surface area contributed by atoms with Gasteiger partial charge in [-0.25, -0.2) is 5.06 Å². The number of aryl methyl sites for hydroxylation is 1. The number of nitrogens with one attached hydrogen (secondary N) is 1. The Morgan fingerprint density at radius 3 is 2.61 bits per heavy atom. The molecule has 0 bridgehead atoms. The minimum atomic E-state index is -2.08. The Kier molecular flexibility index (Phi) is 8.88. The molecule has 2 aliphatic heterocycles. The van der Waals surface area contributed by atoms with Crippen LogP contribution in [0.1, 0.15) is 69.1 Å². The first-order chi connectivity index (χ1) is 17.3. The zero-order chi connectivity index (χ0) is 25.7. The molecular formula is C27H36B2N2O5. The van der Waals surface area contributed by atoms with Crippen molar-refractivity contribution in [3.63, 3.8) is 0 Å². The standard InChI is InChI=1S/C27H36B2N2O5/c1-4-22-7-5-21-15-20(18(2)3)6-9-25(21)31(22)36-30-35-23-8-10-26(24(16-23)27(28,29)32)34-17-19-11-13-33-14-12-19/h6,8-10,15-16,18-19,22,30,32H,4-5,7,11-14,17H2,1-3H3. The van der Waals surface area contributed by atoms with E-state index in [1.807, 2.05) is 5.06 Å². The summed E-state index contributed by atoms with van der Waals surface area (Å²) in [5, 5.41) is 10.1. The minimum Gasteiger partial charge on any atom is -0.493 e. The fourth-order valence-corrected chi connectivity index (χ4v) is 4.75. The van der Waals surface area contributed by atoms with E-state index in [0.717, 1.165) is 51.0 Å². The number of aliphatic hydroxyl groups is 1. The Balaban J connectivity index is 1.42. The summed E-state index contributed by atoms with van der Waals surface area (Å²) in [6.45, 7) is 8.50. The molecule has 1 saturated heterocycles. The highest BCUT2D eigenvalue weighted by Crippen LogP contribution is 2.35. The number of nitrogens with zero attached hydrogens (tertiary/aromatic N) is 1. The topological polar surface area (TPSA) is 72.4 Å². The van der Waals surface area contributed by atoms with Gasteiger partial charge in [0, 0.05) is 24.2 Å². The van der Waals surface area contributed by atoms with Gasteiger partial charge in [0.05, 0.1) is 18.3 Å². The van der Waals surface area contributed by atoms with Gasteiger partial charge in [0.15, 0.2) is 5.75 Å². The van der Waals surface area contributed by atoms with Gasteiger partial charge in [0.25, 0.3) is 0 Å². The number of ether oxygens (including phenoxy) is 2. The molecule has 1 unspecified atom stereocenters. The third kappa shape index (κ3) is 6.57. The molecule has 36 heavy (non-hydrogen) atoms. The van der Waals surface area contributed by atoms with Crippen LogP contribution >= 0.6 is 0 Å². The summed E-state index contributed by atoms with van der Waals surface area (Å²) in [5.41, 5.74) is 6.44. The molecule has 0 spiro atoms. The van der Waals surface area contributed by atoms with Crippen LogP contribution in [0.3, 0.4) is 0 Å². The van der Waals surface area contributed by atoms with Crippen molar-refractivity contribution in [1.29, 1.82) is 0 Å². The predicted molar refractivity (Wildman–Crippen MR) is 141 cm³/mol. The van der Waals surface area contributed by atoms with Crippen molar-refractivity contribution >= 4 is 21.4 Å². The van der Waals surface area contributed by atoms with Crippen molar-refractivity contribution in [2.75, 3.05) is 24.9 Å². The maximum absolute atomic E-state index is 10.3. The molecule has 4 rings (SSSR count). The molecule has 0 aliphatic carbocycles. The predicted octanol–water partition coefficient (Wildman–Crippen LogP) is 4.02. The molecule has 2 N–H and O–H groups in total. The molecule has 7 nitrogen and oxygen atoms in total. The first-order valence-corrected chi connectivity index (χ1v) is 12.9. The number of hydrogen-bond acceptors (Lipinski definition) is 7. The minimum absolute atomic E-state index is 0.216. The Hall–Kier alpha value is -2.19.